The quantitative estimate of drug-likeness (QED) is 0.742. The maximum absolute atomic E-state index is 12.2. The molecule has 2 rings (SSSR count). The second-order valence-electron chi connectivity index (χ2n) is 5.25. The molecule has 1 aromatic rings. The number of aromatic nitrogens is 2. The molecule has 0 spiro atoms. The van der Waals surface area contributed by atoms with E-state index in [9.17, 15) is 4.79 Å². The van der Waals surface area contributed by atoms with E-state index in [0.717, 1.165) is 36.3 Å². The number of nitrogens with one attached hydrogen (secondary N) is 1. The Kier molecular flexibility index (Phi) is 4.21. The van der Waals surface area contributed by atoms with Gasteiger partial charge in [0.2, 0.25) is 5.91 Å². The van der Waals surface area contributed by atoms with Crippen LogP contribution in [0.25, 0.3) is 0 Å². The average molecular weight is 266 g/mol. The SMILES string of the molecule is Cc1nn(CCO)c(C)c1NC(=O)[C@@H]1CC[C@H](N)C1. The van der Waals surface area contributed by atoms with Crippen molar-refractivity contribution in [1.82, 2.24) is 9.78 Å². The number of aryl methyl sites for hydroxylation is 1. The van der Waals surface area contributed by atoms with E-state index in [1.165, 1.54) is 0 Å². The molecule has 0 saturated heterocycles. The monoisotopic (exact) mass is 266 g/mol. The van der Waals surface area contributed by atoms with Gasteiger partial charge in [0.25, 0.3) is 0 Å². The molecule has 2 atom stereocenters. The predicted molar refractivity (Wildman–Crippen MR) is 72.7 cm³/mol. The summed E-state index contributed by atoms with van der Waals surface area (Å²) < 4.78 is 1.71. The van der Waals surface area contributed by atoms with Crippen LogP contribution in [-0.2, 0) is 11.3 Å². The smallest absolute Gasteiger partial charge is 0.227 e. The minimum atomic E-state index is 0.00925. The predicted octanol–water partition coefficient (Wildman–Crippen LogP) is 0.558. The zero-order valence-corrected chi connectivity index (χ0v) is 11.5. The highest BCUT2D eigenvalue weighted by Crippen LogP contribution is 2.27. The Bertz CT molecular complexity index is 469. The number of nitrogens with two attached hydrogens (primary N) is 1. The van der Waals surface area contributed by atoms with E-state index in [4.69, 9.17) is 10.8 Å². The van der Waals surface area contributed by atoms with Crippen molar-refractivity contribution in [3.8, 4) is 0 Å². The van der Waals surface area contributed by atoms with Crippen molar-refractivity contribution < 1.29 is 9.90 Å². The van der Waals surface area contributed by atoms with E-state index < -0.39 is 0 Å². The first-order valence-corrected chi connectivity index (χ1v) is 6.74. The van der Waals surface area contributed by atoms with E-state index in [-0.39, 0.29) is 24.5 Å². The van der Waals surface area contributed by atoms with Crippen LogP contribution in [0.4, 0.5) is 5.69 Å². The van der Waals surface area contributed by atoms with E-state index in [1.54, 1.807) is 4.68 Å². The van der Waals surface area contributed by atoms with Gasteiger partial charge in [-0.15, -0.1) is 0 Å². The van der Waals surface area contributed by atoms with Gasteiger partial charge in [0.15, 0.2) is 0 Å². The summed E-state index contributed by atoms with van der Waals surface area (Å²) in [7, 11) is 0. The fourth-order valence-electron chi connectivity index (χ4n) is 2.67. The lowest BCUT2D eigenvalue weighted by Crippen LogP contribution is -2.23. The van der Waals surface area contributed by atoms with E-state index >= 15 is 0 Å². The van der Waals surface area contributed by atoms with Crippen LogP contribution in [0.1, 0.15) is 30.7 Å². The van der Waals surface area contributed by atoms with Crippen LogP contribution in [0.5, 0.6) is 0 Å². The van der Waals surface area contributed by atoms with Gasteiger partial charge in [-0.2, -0.15) is 5.10 Å². The summed E-state index contributed by atoms with van der Waals surface area (Å²) in [5.74, 6) is 0.0395. The first-order valence-electron chi connectivity index (χ1n) is 6.74. The third-order valence-corrected chi connectivity index (χ3v) is 3.79. The molecule has 6 heteroatoms. The summed E-state index contributed by atoms with van der Waals surface area (Å²) in [6.45, 7) is 4.23. The number of anilines is 1. The van der Waals surface area contributed by atoms with Crippen molar-refractivity contribution in [3.63, 3.8) is 0 Å². The first-order chi connectivity index (χ1) is 9.02. The summed E-state index contributed by atoms with van der Waals surface area (Å²) in [6.07, 6.45) is 2.53. The highest BCUT2D eigenvalue weighted by molar-refractivity contribution is 5.93. The van der Waals surface area contributed by atoms with Crippen molar-refractivity contribution in [2.24, 2.45) is 11.7 Å². The van der Waals surface area contributed by atoms with Gasteiger partial charge >= 0.3 is 0 Å². The van der Waals surface area contributed by atoms with Crippen molar-refractivity contribution in [2.45, 2.75) is 45.7 Å². The van der Waals surface area contributed by atoms with Crippen LogP contribution < -0.4 is 11.1 Å². The number of amides is 1. The summed E-state index contributed by atoms with van der Waals surface area (Å²) >= 11 is 0. The number of carbonyl (C=O) groups excluding carboxylic acids is 1. The highest BCUT2D eigenvalue weighted by atomic mass is 16.3. The molecule has 1 aliphatic carbocycles. The number of carbonyl (C=O) groups is 1. The van der Waals surface area contributed by atoms with E-state index in [2.05, 4.69) is 10.4 Å². The van der Waals surface area contributed by atoms with Gasteiger partial charge in [-0.3, -0.25) is 9.48 Å². The first kappa shape index (κ1) is 14.0. The molecular formula is C13H22N4O2. The molecule has 6 nitrogen and oxygen atoms in total. The summed E-state index contributed by atoms with van der Waals surface area (Å²) in [5, 5.41) is 16.2. The van der Waals surface area contributed by atoms with Gasteiger partial charge in [-0.05, 0) is 33.1 Å². The van der Waals surface area contributed by atoms with Gasteiger partial charge in [0, 0.05) is 12.0 Å². The number of rotatable bonds is 4. The third-order valence-electron chi connectivity index (χ3n) is 3.79. The molecule has 1 saturated carbocycles. The van der Waals surface area contributed by atoms with Gasteiger partial charge < -0.3 is 16.2 Å². The molecule has 4 N–H and O–H groups in total. The Balaban J connectivity index is 2.08. The molecule has 0 bridgehead atoms. The molecule has 1 heterocycles. The largest absolute Gasteiger partial charge is 0.394 e. The topological polar surface area (TPSA) is 93.2 Å². The average Bonchev–Trinajstić information content (AvgIpc) is 2.90. The van der Waals surface area contributed by atoms with Crippen LogP contribution in [-0.4, -0.2) is 33.4 Å². The Morgan fingerprint density at radius 3 is 2.84 bits per heavy atom. The minimum Gasteiger partial charge on any atom is -0.394 e. The number of hydrogen-bond acceptors (Lipinski definition) is 4. The van der Waals surface area contributed by atoms with Crippen LogP contribution in [0.3, 0.4) is 0 Å². The number of nitrogens with zero attached hydrogens (tertiary/aromatic N) is 2. The molecule has 0 aromatic carbocycles. The second-order valence-corrected chi connectivity index (χ2v) is 5.25. The Morgan fingerprint density at radius 1 is 1.53 bits per heavy atom. The highest BCUT2D eigenvalue weighted by Gasteiger charge is 2.28. The molecule has 106 valence electrons. The Morgan fingerprint density at radius 2 is 2.26 bits per heavy atom. The van der Waals surface area contributed by atoms with Gasteiger partial charge in [0.05, 0.1) is 30.2 Å². The van der Waals surface area contributed by atoms with Crippen LogP contribution in [0.2, 0.25) is 0 Å². The van der Waals surface area contributed by atoms with Gasteiger partial charge in [-0.25, -0.2) is 0 Å². The lowest BCUT2D eigenvalue weighted by molar-refractivity contribution is -0.119. The van der Waals surface area contributed by atoms with Crippen LogP contribution >= 0.6 is 0 Å². The molecule has 1 aliphatic rings. The molecule has 1 aromatic heterocycles. The van der Waals surface area contributed by atoms with Crippen molar-refractivity contribution in [2.75, 3.05) is 11.9 Å². The van der Waals surface area contributed by atoms with Gasteiger partial charge in [0.1, 0.15) is 0 Å². The van der Waals surface area contributed by atoms with Crippen molar-refractivity contribution in [3.05, 3.63) is 11.4 Å². The van der Waals surface area contributed by atoms with Crippen molar-refractivity contribution in [1.29, 1.82) is 0 Å². The molecule has 19 heavy (non-hydrogen) atoms. The second kappa shape index (κ2) is 5.71. The maximum atomic E-state index is 12.2. The maximum Gasteiger partial charge on any atom is 0.227 e. The number of hydrogen-bond donors (Lipinski definition) is 3. The Hall–Kier alpha value is -1.40. The number of aliphatic hydroxyl groups is 1. The standard InChI is InChI=1S/C13H22N4O2/c1-8-12(9(2)17(16-8)5-6-18)15-13(19)10-3-4-11(14)7-10/h10-11,18H,3-7,14H2,1-2H3,(H,15,19)/t10-,11+/m1/s1. The van der Waals surface area contributed by atoms with Crippen LogP contribution in [0, 0.1) is 19.8 Å². The summed E-state index contributed by atoms with van der Waals surface area (Å²) in [6, 6.07) is 0.148. The van der Waals surface area contributed by atoms with E-state index in [1.807, 2.05) is 13.8 Å². The fourth-order valence-corrected chi connectivity index (χ4v) is 2.67. The molecule has 0 aliphatic heterocycles. The summed E-state index contributed by atoms with van der Waals surface area (Å²) in [4.78, 5) is 12.2. The lowest BCUT2D eigenvalue weighted by Gasteiger charge is -2.11. The van der Waals surface area contributed by atoms with Crippen LogP contribution in [0.15, 0.2) is 0 Å². The lowest BCUT2D eigenvalue weighted by atomic mass is 10.1. The molecule has 0 radical (unpaired) electrons. The van der Waals surface area contributed by atoms with Gasteiger partial charge in [-0.1, -0.05) is 0 Å². The van der Waals surface area contributed by atoms with Crippen molar-refractivity contribution >= 4 is 11.6 Å². The normalized spacial score (nSPS) is 22.7. The minimum absolute atomic E-state index is 0.00925. The zero-order chi connectivity index (χ0) is 14.0. The third kappa shape index (κ3) is 2.96. The molecule has 1 amide bonds. The molecule has 0 unspecified atom stereocenters. The number of aliphatic hydroxyl groups excluding tert-OH is 1. The fraction of sp³-hybridized carbons (Fsp3) is 0.692. The zero-order valence-electron chi connectivity index (χ0n) is 11.5. The van der Waals surface area contributed by atoms with E-state index in [0.29, 0.717) is 6.54 Å². The summed E-state index contributed by atoms with van der Waals surface area (Å²) in [5.41, 5.74) is 8.25. The molecular weight excluding hydrogens is 244 g/mol. The Labute approximate surface area is 113 Å². The molecule has 1 fully saturated rings.